The number of aryl methyl sites for hydroxylation is 1. The van der Waals surface area contributed by atoms with Gasteiger partial charge in [-0.1, -0.05) is 18.2 Å². The summed E-state index contributed by atoms with van der Waals surface area (Å²) in [5, 5.41) is 4.69. The molecule has 0 amide bonds. The highest BCUT2D eigenvalue weighted by molar-refractivity contribution is 14.0. The van der Waals surface area contributed by atoms with Crippen LogP contribution in [0.4, 0.5) is 0 Å². The molecule has 2 aliphatic heterocycles. The molecule has 4 rings (SSSR count). The van der Waals surface area contributed by atoms with Gasteiger partial charge in [0.25, 0.3) is 0 Å². The van der Waals surface area contributed by atoms with E-state index in [4.69, 9.17) is 9.15 Å². The molecule has 2 saturated heterocycles. The Kier molecular flexibility index (Phi) is 7.59. The van der Waals surface area contributed by atoms with Gasteiger partial charge in [-0.2, -0.15) is 0 Å². The second-order valence-electron chi connectivity index (χ2n) is 7.56. The standard InChI is InChI=1S/C21H30N4O2.HI/c1-16-18-5-3-4-6-19(18)27-20(16)13-23-21(22-2)25-8-7-17(15-25)14-24-9-11-26-12-10-24;/h3-6,17H,7-15H2,1-2H3,(H,22,23);1H. The third-order valence-corrected chi connectivity index (χ3v) is 5.77. The molecule has 1 aromatic carbocycles. The van der Waals surface area contributed by atoms with Crippen LogP contribution >= 0.6 is 24.0 Å². The van der Waals surface area contributed by atoms with Crippen LogP contribution in [0.1, 0.15) is 17.7 Å². The molecule has 1 N–H and O–H groups in total. The predicted molar refractivity (Wildman–Crippen MR) is 124 cm³/mol. The van der Waals surface area contributed by atoms with Crippen LogP contribution in [-0.2, 0) is 11.3 Å². The topological polar surface area (TPSA) is 53.2 Å². The number of hydrogen-bond acceptors (Lipinski definition) is 4. The van der Waals surface area contributed by atoms with Crippen LogP contribution in [-0.4, -0.2) is 68.7 Å². The second-order valence-corrected chi connectivity index (χ2v) is 7.56. The first-order valence-corrected chi connectivity index (χ1v) is 9.97. The normalized spacial score (nSPS) is 21.1. The molecule has 0 spiro atoms. The van der Waals surface area contributed by atoms with E-state index < -0.39 is 0 Å². The number of likely N-dealkylation sites (tertiary alicyclic amines) is 1. The predicted octanol–water partition coefficient (Wildman–Crippen LogP) is 3.09. The Bertz CT molecular complexity index is 801. The van der Waals surface area contributed by atoms with Gasteiger partial charge in [-0.25, -0.2) is 0 Å². The van der Waals surface area contributed by atoms with Crippen molar-refractivity contribution in [2.75, 3.05) is 53.0 Å². The van der Waals surface area contributed by atoms with E-state index in [1.807, 2.05) is 19.2 Å². The summed E-state index contributed by atoms with van der Waals surface area (Å²) in [7, 11) is 1.86. The van der Waals surface area contributed by atoms with Gasteiger partial charge in [-0.3, -0.25) is 9.89 Å². The van der Waals surface area contributed by atoms with Crippen molar-refractivity contribution in [3.05, 3.63) is 35.6 Å². The Morgan fingerprint density at radius 3 is 2.75 bits per heavy atom. The Morgan fingerprint density at radius 2 is 2.00 bits per heavy atom. The fourth-order valence-electron chi connectivity index (χ4n) is 4.21. The molecule has 1 atom stereocenters. The third kappa shape index (κ3) is 4.80. The summed E-state index contributed by atoms with van der Waals surface area (Å²) < 4.78 is 11.5. The number of hydrogen-bond donors (Lipinski definition) is 1. The van der Waals surface area contributed by atoms with Gasteiger partial charge < -0.3 is 19.4 Å². The molecule has 0 saturated carbocycles. The number of halogens is 1. The molecular weight excluding hydrogens is 467 g/mol. The first kappa shape index (κ1) is 21.4. The van der Waals surface area contributed by atoms with E-state index in [1.54, 1.807) is 0 Å². The highest BCUT2D eigenvalue weighted by atomic mass is 127. The Morgan fingerprint density at radius 1 is 1.21 bits per heavy atom. The summed E-state index contributed by atoms with van der Waals surface area (Å²) in [5.41, 5.74) is 2.16. The maximum atomic E-state index is 6.02. The van der Waals surface area contributed by atoms with E-state index in [-0.39, 0.29) is 24.0 Å². The van der Waals surface area contributed by atoms with Crippen LogP contribution in [0, 0.1) is 12.8 Å². The van der Waals surface area contributed by atoms with Crippen molar-refractivity contribution in [1.29, 1.82) is 0 Å². The zero-order valence-corrected chi connectivity index (χ0v) is 19.1. The molecule has 154 valence electrons. The summed E-state index contributed by atoms with van der Waals surface area (Å²) in [6.07, 6.45) is 1.22. The maximum absolute atomic E-state index is 6.02. The fourth-order valence-corrected chi connectivity index (χ4v) is 4.21. The molecule has 2 aliphatic rings. The molecule has 0 bridgehead atoms. The van der Waals surface area contributed by atoms with E-state index in [0.29, 0.717) is 12.5 Å². The molecule has 0 radical (unpaired) electrons. The van der Waals surface area contributed by atoms with Gasteiger partial charge in [0, 0.05) is 50.7 Å². The van der Waals surface area contributed by atoms with E-state index in [1.165, 1.54) is 23.9 Å². The number of ether oxygens (including phenoxy) is 1. The lowest BCUT2D eigenvalue weighted by molar-refractivity contribution is 0.0315. The van der Waals surface area contributed by atoms with Crippen LogP contribution in [0.25, 0.3) is 11.0 Å². The van der Waals surface area contributed by atoms with Crippen molar-refractivity contribution in [3.63, 3.8) is 0 Å². The first-order valence-electron chi connectivity index (χ1n) is 9.97. The number of nitrogens with one attached hydrogen (secondary N) is 1. The number of morpholine rings is 1. The van der Waals surface area contributed by atoms with Crippen molar-refractivity contribution in [3.8, 4) is 0 Å². The highest BCUT2D eigenvalue weighted by Crippen LogP contribution is 2.25. The Labute approximate surface area is 184 Å². The van der Waals surface area contributed by atoms with Gasteiger partial charge in [0.05, 0.1) is 19.8 Å². The lowest BCUT2D eigenvalue weighted by atomic mass is 10.1. The molecule has 6 nitrogen and oxygen atoms in total. The van der Waals surface area contributed by atoms with Crippen molar-refractivity contribution >= 4 is 40.9 Å². The summed E-state index contributed by atoms with van der Waals surface area (Å²) in [5.74, 6) is 2.66. The van der Waals surface area contributed by atoms with Crippen molar-refractivity contribution in [2.24, 2.45) is 10.9 Å². The summed E-state index contributed by atoms with van der Waals surface area (Å²) >= 11 is 0. The number of fused-ring (bicyclic) bond motifs is 1. The van der Waals surface area contributed by atoms with Crippen LogP contribution in [0.15, 0.2) is 33.7 Å². The summed E-state index contributed by atoms with van der Waals surface area (Å²) in [6, 6.07) is 8.21. The number of guanidine groups is 1. The summed E-state index contributed by atoms with van der Waals surface area (Å²) in [6.45, 7) is 9.96. The quantitative estimate of drug-likeness (QED) is 0.399. The molecule has 7 heteroatoms. The number of nitrogens with zero attached hydrogens (tertiary/aromatic N) is 3. The number of rotatable bonds is 4. The van der Waals surface area contributed by atoms with Crippen LogP contribution in [0.3, 0.4) is 0 Å². The molecule has 0 aliphatic carbocycles. The number of aliphatic imine (C=N–C) groups is 1. The van der Waals surface area contributed by atoms with Gasteiger partial charge in [-0.05, 0) is 25.3 Å². The Balaban J connectivity index is 0.00000225. The summed E-state index contributed by atoms with van der Waals surface area (Å²) in [4.78, 5) is 9.42. The van der Waals surface area contributed by atoms with Crippen molar-refractivity contribution in [1.82, 2.24) is 15.1 Å². The molecule has 1 unspecified atom stereocenters. The molecule has 3 heterocycles. The SMILES string of the molecule is CN=C(NCc1oc2ccccc2c1C)N1CCC(CN2CCOCC2)C1.I. The van der Waals surface area contributed by atoms with E-state index >= 15 is 0 Å². The largest absolute Gasteiger partial charge is 0.459 e. The lowest BCUT2D eigenvalue weighted by Gasteiger charge is -2.29. The highest BCUT2D eigenvalue weighted by Gasteiger charge is 2.27. The zero-order chi connectivity index (χ0) is 18.6. The van der Waals surface area contributed by atoms with E-state index in [2.05, 4.69) is 39.2 Å². The lowest BCUT2D eigenvalue weighted by Crippen LogP contribution is -2.42. The average molecular weight is 498 g/mol. The van der Waals surface area contributed by atoms with Crippen LogP contribution in [0.2, 0.25) is 0 Å². The average Bonchev–Trinajstić information content (AvgIpc) is 3.28. The van der Waals surface area contributed by atoms with E-state index in [9.17, 15) is 0 Å². The maximum Gasteiger partial charge on any atom is 0.194 e. The van der Waals surface area contributed by atoms with E-state index in [0.717, 1.165) is 56.7 Å². The molecular formula is C21H31IN4O2. The Hall–Kier alpha value is -1.32. The minimum Gasteiger partial charge on any atom is -0.459 e. The monoisotopic (exact) mass is 498 g/mol. The van der Waals surface area contributed by atoms with Crippen LogP contribution in [0.5, 0.6) is 0 Å². The molecule has 2 fully saturated rings. The van der Waals surface area contributed by atoms with Crippen molar-refractivity contribution < 1.29 is 9.15 Å². The fraction of sp³-hybridized carbons (Fsp3) is 0.571. The number of benzene rings is 1. The smallest absolute Gasteiger partial charge is 0.194 e. The van der Waals surface area contributed by atoms with Gasteiger partial charge in [-0.15, -0.1) is 24.0 Å². The number of para-hydroxylation sites is 1. The van der Waals surface area contributed by atoms with Gasteiger partial charge in [0.15, 0.2) is 5.96 Å². The van der Waals surface area contributed by atoms with Crippen molar-refractivity contribution in [2.45, 2.75) is 19.9 Å². The van der Waals surface area contributed by atoms with Gasteiger partial charge in [0.1, 0.15) is 11.3 Å². The van der Waals surface area contributed by atoms with Gasteiger partial charge >= 0.3 is 0 Å². The molecule has 28 heavy (non-hydrogen) atoms. The molecule has 1 aromatic heterocycles. The zero-order valence-electron chi connectivity index (χ0n) is 16.8. The minimum atomic E-state index is 0. The van der Waals surface area contributed by atoms with Gasteiger partial charge in [0.2, 0.25) is 0 Å². The minimum absolute atomic E-state index is 0. The third-order valence-electron chi connectivity index (χ3n) is 5.77. The first-order chi connectivity index (χ1) is 13.2. The number of furan rings is 1. The second kappa shape index (κ2) is 9.93. The van der Waals surface area contributed by atoms with Crippen LogP contribution < -0.4 is 5.32 Å². The molecule has 2 aromatic rings.